The normalized spacial score (nSPS) is 29.5. The smallest absolute Gasteiger partial charge is 0.0906 e. The average Bonchev–Trinajstić information content (AvgIpc) is 2.15. The van der Waals surface area contributed by atoms with Gasteiger partial charge in [-0.2, -0.15) is 0 Å². The molecule has 0 amide bonds. The first kappa shape index (κ1) is 10.9. The SMILES string of the molecule is CN(CCCF)C1CCC(N)CC1. The monoisotopic (exact) mass is 188 g/mol. The Hall–Kier alpha value is -0.150. The Morgan fingerprint density at radius 2 is 1.92 bits per heavy atom. The largest absolute Gasteiger partial charge is 0.328 e. The second-order valence-corrected chi connectivity index (χ2v) is 4.09. The van der Waals surface area contributed by atoms with Crippen LogP contribution >= 0.6 is 0 Å². The lowest BCUT2D eigenvalue weighted by molar-refractivity contribution is 0.177. The van der Waals surface area contributed by atoms with E-state index in [1.54, 1.807) is 0 Å². The van der Waals surface area contributed by atoms with Crippen LogP contribution in [0.5, 0.6) is 0 Å². The van der Waals surface area contributed by atoms with E-state index in [0.29, 0.717) is 18.5 Å². The van der Waals surface area contributed by atoms with Crippen molar-refractivity contribution in [2.75, 3.05) is 20.3 Å². The van der Waals surface area contributed by atoms with Crippen molar-refractivity contribution in [2.45, 2.75) is 44.2 Å². The number of hydrogen-bond donors (Lipinski definition) is 1. The summed E-state index contributed by atoms with van der Waals surface area (Å²) in [7, 11) is 2.09. The van der Waals surface area contributed by atoms with E-state index in [4.69, 9.17) is 5.73 Å². The lowest BCUT2D eigenvalue weighted by Crippen LogP contribution is -2.39. The molecule has 1 aliphatic rings. The minimum atomic E-state index is -0.198. The van der Waals surface area contributed by atoms with Crippen molar-refractivity contribution in [1.82, 2.24) is 4.90 Å². The van der Waals surface area contributed by atoms with Gasteiger partial charge in [-0.25, -0.2) is 0 Å². The molecule has 13 heavy (non-hydrogen) atoms. The molecule has 1 saturated carbocycles. The molecule has 78 valence electrons. The highest BCUT2D eigenvalue weighted by molar-refractivity contribution is 4.79. The van der Waals surface area contributed by atoms with Crippen molar-refractivity contribution in [2.24, 2.45) is 5.73 Å². The predicted octanol–water partition coefficient (Wildman–Crippen LogP) is 1.55. The second kappa shape index (κ2) is 5.55. The highest BCUT2D eigenvalue weighted by Crippen LogP contribution is 2.20. The molecule has 0 aliphatic heterocycles. The molecule has 1 rings (SSSR count). The van der Waals surface area contributed by atoms with Crippen molar-refractivity contribution in [3.8, 4) is 0 Å². The van der Waals surface area contributed by atoms with Gasteiger partial charge in [0.1, 0.15) is 0 Å². The Kier molecular flexibility index (Phi) is 4.67. The number of nitrogens with zero attached hydrogens (tertiary/aromatic N) is 1. The van der Waals surface area contributed by atoms with E-state index < -0.39 is 0 Å². The molecular formula is C10H21FN2. The zero-order valence-corrected chi connectivity index (χ0v) is 8.51. The summed E-state index contributed by atoms with van der Waals surface area (Å²) in [4.78, 5) is 2.28. The molecular weight excluding hydrogens is 167 g/mol. The molecule has 3 heteroatoms. The van der Waals surface area contributed by atoms with Crippen molar-refractivity contribution in [3.05, 3.63) is 0 Å². The highest BCUT2D eigenvalue weighted by atomic mass is 19.1. The van der Waals surface area contributed by atoms with Crippen molar-refractivity contribution < 1.29 is 4.39 Å². The highest BCUT2D eigenvalue weighted by Gasteiger charge is 2.21. The summed E-state index contributed by atoms with van der Waals surface area (Å²) in [5.41, 5.74) is 5.82. The van der Waals surface area contributed by atoms with E-state index in [0.717, 1.165) is 19.4 Å². The van der Waals surface area contributed by atoms with Gasteiger partial charge in [0.2, 0.25) is 0 Å². The number of rotatable bonds is 4. The van der Waals surface area contributed by atoms with Crippen molar-refractivity contribution >= 4 is 0 Å². The van der Waals surface area contributed by atoms with Crippen LogP contribution in [0.4, 0.5) is 4.39 Å². The van der Waals surface area contributed by atoms with Gasteiger partial charge in [-0.1, -0.05) is 0 Å². The Balaban J connectivity index is 2.19. The van der Waals surface area contributed by atoms with Gasteiger partial charge in [0.25, 0.3) is 0 Å². The van der Waals surface area contributed by atoms with Gasteiger partial charge in [0.05, 0.1) is 6.67 Å². The fraction of sp³-hybridized carbons (Fsp3) is 1.00. The molecule has 2 nitrogen and oxygen atoms in total. The van der Waals surface area contributed by atoms with Gasteiger partial charge < -0.3 is 10.6 Å². The molecule has 0 spiro atoms. The molecule has 2 N–H and O–H groups in total. The second-order valence-electron chi connectivity index (χ2n) is 4.09. The summed E-state index contributed by atoms with van der Waals surface area (Å²) in [6.07, 6.45) is 5.29. The van der Waals surface area contributed by atoms with Gasteiger partial charge in [0.15, 0.2) is 0 Å². The summed E-state index contributed by atoms with van der Waals surface area (Å²) in [6.45, 7) is 0.687. The van der Waals surface area contributed by atoms with E-state index in [-0.39, 0.29) is 6.67 Å². The fourth-order valence-electron chi connectivity index (χ4n) is 2.03. The van der Waals surface area contributed by atoms with Gasteiger partial charge in [-0.15, -0.1) is 0 Å². The quantitative estimate of drug-likeness (QED) is 0.725. The standard InChI is InChI=1S/C10H21FN2/c1-13(8-2-7-11)10-5-3-9(12)4-6-10/h9-10H,2-8,12H2,1H3. The summed E-state index contributed by atoms with van der Waals surface area (Å²) in [6, 6.07) is 1.05. The first-order chi connectivity index (χ1) is 6.24. The molecule has 0 atom stereocenters. The predicted molar refractivity (Wildman–Crippen MR) is 53.5 cm³/mol. The molecule has 1 fully saturated rings. The minimum absolute atomic E-state index is 0.198. The third-order valence-electron chi connectivity index (χ3n) is 3.01. The van der Waals surface area contributed by atoms with Crippen LogP contribution in [-0.4, -0.2) is 37.3 Å². The molecule has 0 saturated heterocycles. The number of nitrogens with two attached hydrogens (primary N) is 1. The Bertz CT molecular complexity index is 133. The van der Waals surface area contributed by atoms with Crippen LogP contribution in [0.15, 0.2) is 0 Å². The van der Waals surface area contributed by atoms with Gasteiger partial charge in [-0.05, 0) is 39.2 Å². The van der Waals surface area contributed by atoms with Crippen molar-refractivity contribution in [3.63, 3.8) is 0 Å². The van der Waals surface area contributed by atoms with Crippen LogP contribution in [0.3, 0.4) is 0 Å². The summed E-state index contributed by atoms with van der Waals surface area (Å²) in [5.74, 6) is 0. The van der Waals surface area contributed by atoms with Gasteiger partial charge >= 0.3 is 0 Å². The average molecular weight is 188 g/mol. The van der Waals surface area contributed by atoms with E-state index >= 15 is 0 Å². The molecule has 0 aromatic rings. The van der Waals surface area contributed by atoms with Crippen LogP contribution in [0, 0.1) is 0 Å². The van der Waals surface area contributed by atoms with Crippen molar-refractivity contribution in [1.29, 1.82) is 0 Å². The molecule has 0 unspecified atom stereocenters. The maximum Gasteiger partial charge on any atom is 0.0906 e. The molecule has 0 aromatic carbocycles. The van der Waals surface area contributed by atoms with Crippen LogP contribution < -0.4 is 5.73 Å². The van der Waals surface area contributed by atoms with E-state index in [9.17, 15) is 4.39 Å². The molecule has 0 radical (unpaired) electrons. The maximum absolute atomic E-state index is 11.9. The first-order valence-electron chi connectivity index (χ1n) is 5.26. The first-order valence-corrected chi connectivity index (χ1v) is 5.26. The number of halogens is 1. The molecule has 0 heterocycles. The molecule has 0 aromatic heterocycles. The number of hydrogen-bond acceptors (Lipinski definition) is 2. The van der Waals surface area contributed by atoms with Gasteiger partial charge in [-0.3, -0.25) is 4.39 Å². The minimum Gasteiger partial charge on any atom is -0.328 e. The summed E-state index contributed by atoms with van der Waals surface area (Å²) in [5, 5.41) is 0. The summed E-state index contributed by atoms with van der Waals surface area (Å²) >= 11 is 0. The zero-order valence-electron chi connectivity index (χ0n) is 8.51. The van der Waals surface area contributed by atoms with Crippen LogP contribution in [0.1, 0.15) is 32.1 Å². The number of alkyl halides is 1. The third kappa shape index (κ3) is 3.61. The van der Waals surface area contributed by atoms with Gasteiger partial charge in [0, 0.05) is 18.6 Å². The van der Waals surface area contributed by atoms with Crippen LogP contribution in [-0.2, 0) is 0 Å². The van der Waals surface area contributed by atoms with E-state index in [2.05, 4.69) is 11.9 Å². The Labute approximate surface area is 80.3 Å². The van der Waals surface area contributed by atoms with Crippen LogP contribution in [0.2, 0.25) is 0 Å². The lowest BCUT2D eigenvalue weighted by Gasteiger charge is -2.33. The zero-order chi connectivity index (χ0) is 9.68. The maximum atomic E-state index is 11.9. The topological polar surface area (TPSA) is 29.3 Å². The Morgan fingerprint density at radius 3 is 2.46 bits per heavy atom. The van der Waals surface area contributed by atoms with E-state index in [1.165, 1.54) is 12.8 Å². The summed E-state index contributed by atoms with van der Waals surface area (Å²) < 4.78 is 11.9. The molecule has 0 bridgehead atoms. The lowest BCUT2D eigenvalue weighted by atomic mass is 9.91. The van der Waals surface area contributed by atoms with E-state index in [1.807, 2.05) is 0 Å². The Morgan fingerprint density at radius 1 is 1.31 bits per heavy atom. The van der Waals surface area contributed by atoms with Crippen LogP contribution in [0.25, 0.3) is 0 Å². The fourth-order valence-corrected chi connectivity index (χ4v) is 2.03. The molecule has 1 aliphatic carbocycles. The third-order valence-corrected chi connectivity index (χ3v) is 3.01.